The number of halogens is 1. The zero-order valence-electron chi connectivity index (χ0n) is 9.19. The average molecular weight is 294 g/mol. The van der Waals surface area contributed by atoms with Gasteiger partial charge >= 0.3 is 0 Å². The van der Waals surface area contributed by atoms with Gasteiger partial charge in [-0.3, -0.25) is 0 Å². The van der Waals surface area contributed by atoms with Gasteiger partial charge in [0.2, 0.25) is 0 Å². The van der Waals surface area contributed by atoms with Crippen LogP contribution in [0.3, 0.4) is 0 Å². The van der Waals surface area contributed by atoms with Gasteiger partial charge in [-0.05, 0) is 47.0 Å². The van der Waals surface area contributed by atoms with Gasteiger partial charge in [-0.15, -0.1) is 0 Å². The molecule has 1 aliphatic carbocycles. The summed E-state index contributed by atoms with van der Waals surface area (Å²) in [4.78, 5) is 4.50. The highest BCUT2D eigenvalue weighted by atomic mass is 79.9. The van der Waals surface area contributed by atoms with Gasteiger partial charge in [-0.25, -0.2) is 4.98 Å². The van der Waals surface area contributed by atoms with Crippen LogP contribution in [0.4, 0.5) is 0 Å². The molecule has 17 heavy (non-hydrogen) atoms. The molecule has 1 aromatic carbocycles. The third kappa shape index (κ3) is 1.97. The first-order valence-corrected chi connectivity index (χ1v) is 6.47. The molecule has 3 nitrogen and oxygen atoms in total. The number of benzene rings is 1. The summed E-state index contributed by atoms with van der Waals surface area (Å²) in [5.41, 5.74) is 1.77. The molecule has 3 rings (SSSR count). The zero-order chi connectivity index (χ0) is 11.8. The van der Waals surface area contributed by atoms with Crippen LogP contribution in [0, 0.1) is 0 Å². The van der Waals surface area contributed by atoms with Crippen molar-refractivity contribution in [3.8, 4) is 17.0 Å². The topological polar surface area (TPSA) is 46.3 Å². The quantitative estimate of drug-likeness (QED) is 0.907. The van der Waals surface area contributed by atoms with E-state index in [0.717, 1.165) is 17.1 Å². The van der Waals surface area contributed by atoms with E-state index in [0.29, 0.717) is 10.4 Å². The number of aromatic nitrogens is 1. The number of aromatic hydroxyl groups is 1. The number of phenols is 1. The maximum atomic E-state index is 9.44. The molecule has 0 atom stereocenters. The fraction of sp³-hybridized carbons (Fsp3) is 0.308. The minimum absolute atomic E-state index is 0.233. The highest BCUT2D eigenvalue weighted by Gasteiger charge is 2.24. The van der Waals surface area contributed by atoms with Gasteiger partial charge in [0.05, 0.1) is 4.47 Å². The average Bonchev–Trinajstić information content (AvgIpc) is 2.69. The van der Waals surface area contributed by atoms with E-state index >= 15 is 0 Å². The van der Waals surface area contributed by atoms with Gasteiger partial charge in [0.25, 0.3) is 0 Å². The zero-order valence-corrected chi connectivity index (χ0v) is 10.8. The predicted molar refractivity (Wildman–Crippen MR) is 67.9 cm³/mol. The highest BCUT2D eigenvalue weighted by molar-refractivity contribution is 9.10. The van der Waals surface area contributed by atoms with Crippen LogP contribution in [0.2, 0.25) is 0 Å². The molecule has 0 amide bonds. The van der Waals surface area contributed by atoms with E-state index in [2.05, 4.69) is 20.9 Å². The van der Waals surface area contributed by atoms with Gasteiger partial charge in [0, 0.05) is 11.5 Å². The Balaban J connectivity index is 1.92. The summed E-state index contributed by atoms with van der Waals surface area (Å²) >= 11 is 3.30. The second kappa shape index (κ2) is 4.18. The van der Waals surface area contributed by atoms with Gasteiger partial charge in [0.1, 0.15) is 17.7 Å². The lowest BCUT2D eigenvalue weighted by Gasteiger charge is -2.21. The Hall–Kier alpha value is -1.29. The smallest absolute Gasteiger partial charge is 0.197 e. The van der Waals surface area contributed by atoms with E-state index in [1.807, 2.05) is 12.1 Å². The molecule has 1 N–H and O–H groups in total. The lowest BCUT2D eigenvalue weighted by molar-refractivity contribution is 0.335. The van der Waals surface area contributed by atoms with Crippen molar-refractivity contribution in [2.45, 2.75) is 25.2 Å². The first-order valence-electron chi connectivity index (χ1n) is 5.68. The van der Waals surface area contributed by atoms with Crippen molar-refractivity contribution in [1.82, 2.24) is 4.98 Å². The molecule has 2 aromatic rings. The molecular formula is C13H12BrNO2. The summed E-state index contributed by atoms with van der Waals surface area (Å²) in [5, 5.41) is 9.44. The van der Waals surface area contributed by atoms with Gasteiger partial charge in [-0.1, -0.05) is 6.42 Å². The van der Waals surface area contributed by atoms with Crippen molar-refractivity contribution in [3.63, 3.8) is 0 Å². The van der Waals surface area contributed by atoms with Crippen LogP contribution in [0.1, 0.15) is 31.1 Å². The number of hydrogen-bond acceptors (Lipinski definition) is 3. The van der Waals surface area contributed by atoms with Crippen molar-refractivity contribution in [3.05, 3.63) is 34.8 Å². The van der Waals surface area contributed by atoms with Crippen LogP contribution in [-0.4, -0.2) is 10.1 Å². The molecule has 0 radical (unpaired) electrons. The summed E-state index contributed by atoms with van der Waals surface area (Å²) in [6, 6.07) is 5.33. The molecule has 1 fully saturated rings. The molecular weight excluding hydrogens is 282 g/mol. The first kappa shape index (κ1) is 10.8. The molecule has 0 bridgehead atoms. The van der Waals surface area contributed by atoms with Crippen molar-refractivity contribution in [1.29, 1.82) is 0 Å². The molecule has 1 heterocycles. The lowest BCUT2D eigenvalue weighted by Crippen LogP contribution is -2.08. The van der Waals surface area contributed by atoms with E-state index in [1.165, 1.54) is 19.3 Å². The molecule has 88 valence electrons. The van der Waals surface area contributed by atoms with E-state index in [-0.39, 0.29) is 5.75 Å². The van der Waals surface area contributed by atoms with Crippen molar-refractivity contribution < 1.29 is 9.52 Å². The fourth-order valence-electron chi connectivity index (χ4n) is 1.93. The maximum absolute atomic E-state index is 9.44. The Kier molecular flexibility index (Phi) is 2.67. The summed E-state index contributed by atoms with van der Waals surface area (Å²) in [6.07, 6.45) is 5.32. The number of phenolic OH excluding ortho intramolecular Hbond substituents is 1. The molecule has 4 heteroatoms. The van der Waals surface area contributed by atoms with Crippen molar-refractivity contribution in [2.24, 2.45) is 0 Å². The van der Waals surface area contributed by atoms with Gasteiger partial charge in [0.15, 0.2) is 5.89 Å². The summed E-state index contributed by atoms with van der Waals surface area (Å²) < 4.78 is 6.17. The molecule has 0 aliphatic heterocycles. The predicted octanol–water partition coefficient (Wildman–Crippen LogP) is 4.08. The van der Waals surface area contributed by atoms with Crippen LogP contribution in [-0.2, 0) is 0 Å². The largest absolute Gasteiger partial charge is 0.507 e. The minimum atomic E-state index is 0.233. The Labute approximate surface area is 108 Å². The van der Waals surface area contributed by atoms with E-state index in [1.54, 1.807) is 12.3 Å². The molecule has 1 aromatic heterocycles. The number of hydrogen-bond donors (Lipinski definition) is 1. The summed E-state index contributed by atoms with van der Waals surface area (Å²) in [5.74, 6) is 1.58. The molecule has 0 unspecified atom stereocenters. The van der Waals surface area contributed by atoms with Crippen LogP contribution >= 0.6 is 15.9 Å². The second-order valence-electron chi connectivity index (χ2n) is 4.37. The van der Waals surface area contributed by atoms with Crippen molar-refractivity contribution in [2.75, 3.05) is 0 Å². The van der Waals surface area contributed by atoms with E-state index in [4.69, 9.17) is 4.42 Å². The molecule has 1 saturated carbocycles. The van der Waals surface area contributed by atoms with Gasteiger partial charge < -0.3 is 9.52 Å². The van der Waals surface area contributed by atoms with Crippen LogP contribution in [0.15, 0.2) is 33.4 Å². The lowest BCUT2D eigenvalue weighted by atomic mass is 9.85. The van der Waals surface area contributed by atoms with Crippen LogP contribution in [0.5, 0.6) is 5.75 Å². The number of nitrogens with zero attached hydrogens (tertiary/aromatic N) is 1. The third-order valence-corrected chi connectivity index (χ3v) is 3.85. The second-order valence-corrected chi connectivity index (χ2v) is 5.22. The van der Waals surface area contributed by atoms with Gasteiger partial charge in [-0.2, -0.15) is 0 Å². The Morgan fingerprint density at radius 2 is 2.18 bits per heavy atom. The molecule has 1 aliphatic rings. The minimum Gasteiger partial charge on any atom is -0.507 e. The highest BCUT2D eigenvalue weighted by Crippen LogP contribution is 2.37. The Bertz CT molecular complexity index is 546. The third-order valence-electron chi connectivity index (χ3n) is 3.22. The summed E-state index contributed by atoms with van der Waals surface area (Å²) in [6.45, 7) is 0. The standard InChI is InChI=1S/C13H12BrNO2/c14-10-6-9(4-5-12(10)16)11-7-17-13(15-11)8-2-1-3-8/h4-8,16H,1-3H2. The van der Waals surface area contributed by atoms with E-state index < -0.39 is 0 Å². The SMILES string of the molecule is Oc1ccc(-c2coc(C3CCC3)n2)cc1Br. The monoisotopic (exact) mass is 293 g/mol. The van der Waals surface area contributed by atoms with E-state index in [9.17, 15) is 5.11 Å². The maximum Gasteiger partial charge on any atom is 0.197 e. The first-order chi connectivity index (χ1) is 8.24. The fourth-order valence-corrected chi connectivity index (χ4v) is 2.31. The normalized spacial score (nSPS) is 15.8. The number of oxazole rings is 1. The summed E-state index contributed by atoms with van der Waals surface area (Å²) in [7, 11) is 0. The Morgan fingerprint density at radius 3 is 2.82 bits per heavy atom. The van der Waals surface area contributed by atoms with Crippen molar-refractivity contribution >= 4 is 15.9 Å². The van der Waals surface area contributed by atoms with Crippen LogP contribution < -0.4 is 0 Å². The van der Waals surface area contributed by atoms with Crippen LogP contribution in [0.25, 0.3) is 11.3 Å². The molecule has 0 saturated heterocycles. The number of rotatable bonds is 2. The molecule has 0 spiro atoms. The Morgan fingerprint density at radius 1 is 1.35 bits per heavy atom.